The quantitative estimate of drug-likeness (QED) is 0.246. The largest absolute Gasteiger partial charge is 0.507 e. The van der Waals surface area contributed by atoms with Crippen molar-refractivity contribution in [3.8, 4) is 5.75 Å². The van der Waals surface area contributed by atoms with E-state index in [1.807, 2.05) is 6.92 Å². The molecule has 39 heavy (non-hydrogen) atoms. The first-order valence-electron chi connectivity index (χ1n) is 13.6. The summed E-state index contributed by atoms with van der Waals surface area (Å²) in [5.41, 5.74) is 2.77. The predicted octanol–water partition coefficient (Wildman–Crippen LogP) is 5.48. The molecule has 0 aliphatic heterocycles. The Morgan fingerprint density at radius 1 is 1.28 bits per heavy atom. The van der Waals surface area contributed by atoms with E-state index < -0.39 is 7.82 Å². The number of nitrogens with zero attached hydrogens (tertiary/aromatic N) is 1. The van der Waals surface area contributed by atoms with Crippen molar-refractivity contribution in [2.75, 3.05) is 19.0 Å². The fourth-order valence-corrected chi connectivity index (χ4v) is 9.06. The molecule has 2 aromatic rings. The lowest BCUT2D eigenvalue weighted by Crippen LogP contribution is -2.44. The lowest BCUT2D eigenvalue weighted by Gasteiger charge is -2.52. The van der Waals surface area contributed by atoms with Gasteiger partial charge in [-0.1, -0.05) is 13.0 Å². The van der Waals surface area contributed by atoms with E-state index in [1.165, 1.54) is 22.5 Å². The molecule has 0 spiro atoms. The van der Waals surface area contributed by atoms with Gasteiger partial charge in [-0.3, -0.25) is 9.32 Å². The van der Waals surface area contributed by atoms with Crippen LogP contribution in [0.2, 0.25) is 0 Å². The van der Waals surface area contributed by atoms with E-state index in [1.54, 1.807) is 13.3 Å². The van der Waals surface area contributed by atoms with E-state index in [9.17, 15) is 9.36 Å². The summed E-state index contributed by atoms with van der Waals surface area (Å²) in [6.45, 7) is 4.48. The van der Waals surface area contributed by atoms with Crippen LogP contribution in [0.1, 0.15) is 67.4 Å². The van der Waals surface area contributed by atoms with Gasteiger partial charge in [0.1, 0.15) is 5.75 Å². The third kappa shape index (κ3) is 5.68. The van der Waals surface area contributed by atoms with Crippen molar-refractivity contribution in [1.82, 2.24) is 4.98 Å². The molecule has 6 atom stereocenters. The van der Waals surface area contributed by atoms with Crippen LogP contribution in [0.15, 0.2) is 24.4 Å². The molecule has 3 aliphatic rings. The third-order valence-electron chi connectivity index (χ3n) is 9.56. The number of nitrogens with one attached hydrogen (secondary N) is 1. The molecule has 214 valence electrons. The van der Waals surface area contributed by atoms with Crippen molar-refractivity contribution in [2.45, 2.75) is 64.7 Å². The predicted molar refractivity (Wildman–Crippen MR) is 149 cm³/mol. The van der Waals surface area contributed by atoms with Crippen molar-refractivity contribution in [1.29, 1.82) is 0 Å². The van der Waals surface area contributed by atoms with Gasteiger partial charge in [0, 0.05) is 17.5 Å². The molecule has 5 N–H and O–H groups in total. The number of fused-ring (bicyclic) bond motifs is 5. The first kappa shape index (κ1) is 28.7. The Bertz CT molecular complexity index is 1230. The molecular weight excluding hydrogens is 539 g/mol. The number of rotatable bonds is 10. The van der Waals surface area contributed by atoms with Gasteiger partial charge >= 0.3 is 7.82 Å². The average Bonchev–Trinajstić information content (AvgIpc) is 3.48. The summed E-state index contributed by atoms with van der Waals surface area (Å²) in [4.78, 5) is 18.2. The highest BCUT2D eigenvalue weighted by Crippen LogP contribution is 2.66. The monoisotopic (exact) mass is 578 g/mol. The van der Waals surface area contributed by atoms with Crippen LogP contribution in [0.25, 0.3) is 0 Å². The zero-order valence-corrected chi connectivity index (χ0v) is 24.5. The summed E-state index contributed by atoms with van der Waals surface area (Å²) in [6.07, 6.45) is 8.00. The Labute approximate surface area is 233 Å². The van der Waals surface area contributed by atoms with Crippen LogP contribution < -0.4 is 21.8 Å². The number of aryl methyl sites for hydroxylation is 2. The average molecular weight is 579 g/mol. The standard InChI is InChI=1S/C27H39N4O6PS/c1-16-14-30-26(39-16)31-24(32)9-5-18-12-19(15-35-38(33,36-28)37-29)27(2)11-10-22-21-8-6-20(34-3)13-17(21)4-7-23(22)25(18)27/h6,8,13-14,18-19,22-23,25H,4-5,7,9-12,15,28-29H2,1-3H3,(H,30,31,32)/t18-,19-,22?,23?,25?,27-/m1/s1. The minimum Gasteiger partial charge on any atom is -0.497 e. The van der Waals surface area contributed by atoms with Gasteiger partial charge in [0.15, 0.2) is 5.13 Å². The van der Waals surface area contributed by atoms with E-state index in [0.717, 1.165) is 49.2 Å². The molecular formula is C27H39N4O6PS. The summed E-state index contributed by atoms with van der Waals surface area (Å²) in [5, 5.41) is 3.59. The fourth-order valence-electron chi connectivity index (χ4n) is 7.84. The first-order valence-corrected chi connectivity index (χ1v) is 15.9. The van der Waals surface area contributed by atoms with Crippen molar-refractivity contribution in [3.63, 3.8) is 0 Å². The van der Waals surface area contributed by atoms with Crippen LogP contribution >= 0.6 is 19.2 Å². The molecule has 5 rings (SSSR count). The number of anilines is 1. The van der Waals surface area contributed by atoms with Crippen LogP contribution in [0.4, 0.5) is 5.13 Å². The number of hydrogen-bond donors (Lipinski definition) is 3. The van der Waals surface area contributed by atoms with Crippen LogP contribution in [0, 0.1) is 36.0 Å². The van der Waals surface area contributed by atoms with Crippen LogP contribution in [0.5, 0.6) is 5.75 Å². The number of nitrogens with two attached hydrogens (primary N) is 2. The number of carbonyl (C=O) groups is 1. The molecule has 0 bridgehead atoms. The molecule has 0 saturated heterocycles. The highest BCUT2D eigenvalue weighted by molar-refractivity contribution is 7.48. The first-order chi connectivity index (χ1) is 18.7. The van der Waals surface area contributed by atoms with Gasteiger partial charge in [-0.2, -0.15) is 9.25 Å². The van der Waals surface area contributed by atoms with E-state index in [-0.39, 0.29) is 23.8 Å². The maximum Gasteiger partial charge on any atom is 0.507 e. The van der Waals surface area contributed by atoms with Crippen LogP contribution in [-0.2, 0) is 29.6 Å². The number of benzene rings is 1. The summed E-state index contributed by atoms with van der Waals surface area (Å²) >= 11 is 1.48. The smallest absolute Gasteiger partial charge is 0.497 e. The Balaban J connectivity index is 1.37. The summed E-state index contributed by atoms with van der Waals surface area (Å²) in [7, 11) is -2.30. The molecule has 3 unspecified atom stereocenters. The van der Waals surface area contributed by atoms with E-state index in [0.29, 0.717) is 35.2 Å². The number of amides is 1. The second-order valence-corrected chi connectivity index (χ2v) is 14.3. The molecule has 1 amide bonds. The zero-order valence-electron chi connectivity index (χ0n) is 22.8. The van der Waals surface area contributed by atoms with Crippen LogP contribution in [0.3, 0.4) is 0 Å². The molecule has 2 fully saturated rings. The van der Waals surface area contributed by atoms with Crippen molar-refractivity contribution >= 4 is 30.2 Å². The number of thiazole rings is 1. The highest BCUT2D eigenvalue weighted by Gasteiger charge is 2.58. The van der Waals surface area contributed by atoms with Gasteiger partial charge in [-0.15, -0.1) is 11.3 Å². The zero-order chi connectivity index (χ0) is 27.8. The normalized spacial score (nSPS) is 29.8. The minimum atomic E-state index is -4.01. The highest BCUT2D eigenvalue weighted by atomic mass is 32.1. The Kier molecular flexibility index (Phi) is 8.50. The van der Waals surface area contributed by atoms with Gasteiger partial charge in [0.25, 0.3) is 0 Å². The second-order valence-electron chi connectivity index (χ2n) is 11.5. The maximum absolute atomic E-state index is 12.9. The Morgan fingerprint density at radius 3 is 2.77 bits per heavy atom. The molecule has 3 aliphatic carbocycles. The van der Waals surface area contributed by atoms with E-state index >= 15 is 0 Å². The third-order valence-corrected chi connectivity index (χ3v) is 11.4. The summed E-state index contributed by atoms with van der Waals surface area (Å²) in [5.74, 6) is 13.0. The topological polar surface area (TPSA) is 148 Å². The number of phosphoric acid groups is 1. The van der Waals surface area contributed by atoms with Gasteiger partial charge in [-0.25, -0.2) is 21.3 Å². The number of aromatic nitrogens is 1. The Hall–Kier alpha value is -1.85. The second kappa shape index (κ2) is 11.6. The Morgan fingerprint density at radius 2 is 2.08 bits per heavy atom. The molecule has 10 nitrogen and oxygen atoms in total. The SMILES string of the molecule is COc1ccc2c(c1)CCC1C2CC[C@@]2(C)C1[C@H](CCC(=O)Nc1ncc(C)s1)C[C@@H]2COP(=O)(ON)ON. The minimum absolute atomic E-state index is 0.0169. The lowest BCUT2D eigenvalue weighted by molar-refractivity contribution is -0.116. The van der Waals surface area contributed by atoms with E-state index in [2.05, 4.69) is 44.7 Å². The molecule has 1 heterocycles. The molecule has 0 radical (unpaired) electrons. The van der Waals surface area contributed by atoms with Crippen LogP contribution in [-0.4, -0.2) is 24.6 Å². The van der Waals surface area contributed by atoms with Gasteiger partial charge in [0.2, 0.25) is 5.91 Å². The van der Waals surface area contributed by atoms with E-state index in [4.69, 9.17) is 21.1 Å². The van der Waals surface area contributed by atoms with Crippen molar-refractivity contribution < 1.29 is 27.9 Å². The maximum atomic E-state index is 12.9. The molecule has 2 saturated carbocycles. The molecule has 1 aromatic carbocycles. The number of carbonyl (C=O) groups excluding carboxylic acids is 1. The number of hydrogen-bond acceptors (Lipinski definition) is 10. The van der Waals surface area contributed by atoms with Gasteiger partial charge in [-0.05, 0) is 104 Å². The summed E-state index contributed by atoms with van der Waals surface area (Å²) in [6, 6.07) is 6.50. The molecule has 12 heteroatoms. The van der Waals surface area contributed by atoms with Crippen molar-refractivity contribution in [2.24, 2.45) is 40.9 Å². The van der Waals surface area contributed by atoms with Gasteiger partial charge in [0.05, 0.1) is 13.7 Å². The van der Waals surface area contributed by atoms with Gasteiger partial charge < -0.3 is 10.1 Å². The fraction of sp³-hybridized carbons (Fsp3) is 0.630. The number of ether oxygens (including phenoxy) is 1. The molecule has 1 aromatic heterocycles. The number of methoxy groups -OCH3 is 1. The lowest BCUT2D eigenvalue weighted by atomic mass is 9.53. The summed E-state index contributed by atoms with van der Waals surface area (Å²) < 4.78 is 32.4. The van der Waals surface area contributed by atoms with Crippen molar-refractivity contribution in [3.05, 3.63) is 40.4 Å².